The van der Waals surface area contributed by atoms with Crippen molar-refractivity contribution in [3.05, 3.63) is 69.2 Å². The van der Waals surface area contributed by atoms with Gasteiger partial charge in [-0.25, -0.2) is 5.43 Å². The second kappa shape index (κ2) is 6.17. The van der Waals surface area contributed by atoms with Gasteiger partial charge < -0.3 is 0 Å². The van der Waals surface area contributed by atoms with Crippen molar-refractivity contribution in [1.29, 1.82) is 0 Å². The number of alkyl halides is 3. The van der Waals surface area contributed by atoms with Crippen molar-refractivity contribution in [2.45, 2.75) is 19.1 Å². The molecule has 0 bridgehead atoms. The molecular weight excluding hydrogens is 345 g/mol. The van der Waals surface area contributed by atoms with Crippen LogP contribution in [0.5, 0.6) is 0 Å². The third kappa shape index (κ3) is 3.45. The summed E-state index contributed by atoms with van der Waals surface area (Å²) < 4.78 is 40.2. The smallest absolute Gasteiger partial charge is 0.271 e. The van der Waals surface area contributed by atoms with Crippen LogP contribution in [0, 0.1) is 6.92 Å². The van der Waals surface area contributed by atoms with E-state index in [1.54, 1.807) is 12.1 Å². The molecule has 0 heterocycles. The predicted molar refractivity (Wildman–Crippen MR) is 79.5 cm³/mol. The molecule has 0 fully saturated rings. The maximum atomic E-state index is 13.2. The highest BCUT2D eigenvalue weighted by Crippen LogP contribution is 2.38. The van der Waals surface area contributed by atoms with E-state index in [1.807, 2.05) is 19.1 Å². The molecule has 0 spiro atoms. The van der Waals surface area contributed by atoms with E-state index in [0.717, 1.165) is 11.6 Å². The van der Waals surface area contributed by atoms with E-state index < -0.39 is 17.8 Å². The Labute approximate surface area is 129 Å². The first-order valence-corrected chi connectivity index (χ1v) is 7.02. The maximum Gasteiger partial charge on any atom is 0.416 e. The van der Waals surface area contributed by atoms with Crippen molar-refractivity contribution in [2.24, 2.45) is 5.84 Å². The van der Waals surface area contributed by atoms with Gasteiger partial charge in [-0.15, -0.1) is 0 Å². The Morgan fingerprint density at radius 1 is 1.10 bits per heavy atom. The lowest BCUT2D eigenvalue weighted by molar-refractivity contribution is -0.138. The second-order valence-corrected chi connectivity index (χ2v) is 5.56. The number of hydrazine groups is 1. The van der Waals surface area contributed by atoms with E-state index in [4.69, 9.17) is 5.84 Å². The van der Waals surface area contributed by atoms with Gasteiger partial charge in [-0.05, 0) is 30.2 Å². The second-order valence-electron chi connectivity index (χ2n) is 4.71. The third-order valence-corrected chi connectivity index (χ3v) is 3.93. The van der Waals surface area contributed by atoms with Crippen molar-refractivity contribution in [1.82, 2.24) is 5.43 Å². The zero-order valence-electron chi connectivity index (χ0n) is 11.2. The van der Waals surface area contributed by atoms with Crippen LogP contribution < -0.4 is 11.3 Å². The number of benzene rings is 2. The average Bonchev–Trinajstić information content (AvgIpc) is 2.43. The molecule has 0 amide bonds. The number of halogens is 4. The molecule has 6 heteroatoms. The minimum Gasteiger partial charge on any atom is -0.271 e. The van der Waals surface area contributed by atoms with E-state index in [-0.39, 0.29) is 5.56 Å². The molecule has 3 N–H and O–H groups in total. The normalized spacial score (nSPS) is 13.2. The Morgan fingerprint density at radius 3 is 2.38 bits per heavy atom. The van der Waals surface area contributed by atoms with E-state index in [1.165, 1.54) is 12.1 Å². The number of nitrogens with one attached hydrogen (secondary N) is 1. The van der Waals surface area contributed by atoms with Gasteiger partial charge in [0, 0.05) is 4.47 Å². The van der Waals surface area contributed by atoms with Crippen LogP contribution in [0.1, 0.15) is 28.3 Å². The van der Waals surface area contributed by atoms with Crippen molar-refractivity contribution in [2.75, 3.05) is 0 Å². The third-order valence-electron chi connectivity index (χ3n) is 3.21. The van der Waals surface area contributed by atoms with Gasteiger partial charge in [-0.1, -0.05) is 51.8 Å². The lowest BCUT2D eigenvalue weighted by Gasteiger charge is -2.22. The van der Waals surface area contributed by atoms with E-state index in [0.29, 0.717) is 10.0 Å². The summed E-state index contributed by atoms with van der Waals surface area (Å²) >= 11 is 3.37. The quantitative estimate of drug-likeness (QED) is 0.633. The van der Waals surface area contributed by atoms with Gasteiger partial charge >= 0.3 is 6.18 Å². The molecule has 21 heavy (non-hydrogen) atoms. The molecule has 0 saturated carbocycles. The van der Waals surface area contributed by atoms with Gasteiger partial charge in [0.1, 0.15) is 0 Å². The summed E-state index contributed by atoms with van der Waals surface area (Å²) in [7, 11) is 0. The monoisotopic (exact) mass is 358 g/mol. The molecule has 0 radical (unpaired) electrons. The van der Waals surface area contributed by atoms with Crippen LogP contribution in [0.2, 0.25) is 0 Å². The van der Waals surface area contributed by atoms with Gasteiger partial charge in [0.05, 0.1) is 11.6 Å². The Morgan fingerprint density at radius 2 is 1.76 bits per heavy atom. The molecule has 1 atom stereocenters. The number of rotatable bonds is 3. The summed E-state index contributed by atoms with van der Waals surface area (Å²) in [4.78, 5) is 0. The van der Waals surface area contributed by atoms with Crippen molar-refractivity contribution in [3.8, 4) is 0 Å². The van der Waals surface area contributed by atoms with Gasteiger partial charge in [0.15, 0.2) is 0 Å². The van der Waals surface area contributed by atoms with Gasteiger partial charge in [0.25, 0.3) is 0 Å². The summed E-state index contributed by atoms with van der Waals surface area (Å²) in [6.07, 6.45) is -4.43. The summed E-state index contributed by atoms with van der Waals surface area (Å²) in [6.45, 7) is 1.87. The van der Waals surface area contributed by atoms with Crippen LogP contribution >= 0.6 is 15.9 Å². The molecule has 112 valence electrons. The van der Waals surface area contributed by atoms with Crippen molar-refractivity contribution < 1.29 is 13.2 Å². The number of nitrogens with two attached hydrogens (primary N) is 1. The molecule has 0 aliphatic carbocycles. The fourth-order valence-corrected chi connectivity index (χ4v) is 2.71. The first-order chi connectivity index (χ1) is 9.84. The summed E-state index contributed by atoms with van der Waals surface area (Å²) in [6, 6.07) is 10.1. The SMILES string of the molecule is Cc1ccc(Br)c(C(NN)c2ccccc2C(F)(F)F)c1. The Balaban J connectivity index is 2.60. The molecule has 2 aromatic rings. The average molecular weight is 359 g/mol. The molecule has 1 unspecified atom stereocenters. The standard InChI is InChI=1S/C15H14BrF3N2/c1-9-6-7-13(16)11(8-9)14(21-20)10-4-2-3-5-12(10)15(17,18)19/h2-8,14,21H,20H2,1H3. The van der Waals surface area contributed by atoms with Crippen LogP contribution in [0.4, 0.5) is 13.2 Å². The molecule has 0 aliphatic rings. The lowest BCUT2D eigenvalue weighted by Crippen LogP contribution is -2.31. The summed E-state index contributed by atoms with van der Waals surface area (Å²) in [5.74, 6) is 5.53. The maximum absolute atomic E-state index is 13.2. The summed E-state index contributed by atoms with van der Waals surface area (Å²) in [5, 5.41) is 0. The van der Waals surface area contributed by atoms with Gasteiger partial charge in [0.2, 0.25) is 0 Å². The molecule has 2 rings (SSSR count). The highest BCUT2D eigenvalue weighted by molar-refractivity contribution is 9.10. The topological polar surface area (TPSA) is 38.0 Å². The summed E-state index contributed by atoms with van der Waals surface area (Å²) in [5.41, 5.74) is 3.49. The fourth-order valence-electron chi connectivity index (χ4n) is 2.24. The van der Waals surface area contributed by atoms with Crippen LogP contribution in [0.25, 0.3) is 0 Å². The molecule has 0 saturated heterocycles. The lowest BCUT2D eigenvalue weighted by atomic mass is 9.93. The largest absolute Gasteiger partial charge is 0.416 e. The Bertz CT molecular complexity index is 641. The minimum absolute atomic E-state index is 0.0961. The van der Waals surface area contributed by atoms with Crippen LogP contribution in [0.3, 0.4) is 0 Å². The van der Waals surface area contributed by atoms with Crippen LogP contribution in [-0.2, 0) is 6.18 Å². The van der Waals surface area contributed by atoms with Crippen LogP contribution in [0.15, 0.2) is 46.9 Å². The highest BCUT2D eigenvalue weighted by atomic mass is 79.9. The Kier molecular flexibility index (Phi) is 4.70. The zero-order valence-corrected chi connectivity index (χ0v) is 12.8. The number of hydrogen-bond acceptors (Lipinski definition) is 2. The molecule has 2 nitrogen and oxygen atoms in total. The molecular formula is C15H14BrF3N2. The van der Waals surface area contributed by atoms with E-state index in [2.05, 4.69) is 21.4 Å². The van der Waals surface area contributed by atoms with Crippen molar-refractivity contribution in [3.63, 3.8) is 0 Å². The first-order valence-electron chi connectivity index (χ1n) is 6.23. The van der Waals surface area contributed by atoms with Gasteiger partial charge in [-0.3, -0.25) is 5.84 Å². The number of hydrogen-bond donors (Lipinski definition) is 2. The van der Waals surface area contributed by atoms with Gasteiger partial charge in [-0.2, -0.15) is 13.2 Å². The minimum atomic E-state index is -4.43. The highest BCUT2D eigenvalue weighted by Gasteiger charge is 2.35. The van der Waals surface area contributed by atoms with E-state index >= 15 is 0 Å². The predicted octanol–water partition coefficient (Wildman–Crippen LogP) is 4.33. The van der Waals surface area contributed by atoms with Crippen molar-refractivity contribution >= 4 is 15.9 Å². The molecule has 0 aliphatic heterocycles. The molecule has 0 aromatic heterocycles. The molecule has 2 aromatic carbocycles. The number of aryl methyl sites for hydroxylation is 1. The van der Waals surface area contributed by atoms with Crippen LogP contribution in [-0.4, -0.2) is 0 Å². The Hall–Kier alpha value is -1.37. The fraction of sp³-hybridized carbons (Fsp3) is 0.200. The first kappa shape index (κ1) is 16.0. The van der Waals surface area contributed by atoms with E-state index in [9.17, 15) is 13.2 Å². The zero-order chi connectivity index (χ0) is 15.6.